The average molecular weight is 276 g/mol. The second-order valence-electron chi connectivity index (χ2n) is 5.08. The van der Waals surface area contributed by atoms with Crippen molar-refractivity contribution in [3.05, 3.63) is 16.0 Å². The van der Waals surface area contributed by atoms with Gasteiger partial charge in [0.2, 0.25) is 5.91 Å². The summed E-state index contributed by atoms with van der Waals surface area (Å²) < 4.78 is 5.23. The summed E-state index contributed by atoms with van der Waals surface area (Å²) >= 11 is 1.58. The molecular weight excluding hydrogens is 260 g/mol. The Morgan fingerprint density at radius 3 is 3.00 bits per heavy atom. The third kappa shape index (κ3) is 2.38. The summed E-state index contributed by atoms with van der Waals surface area (Å²) in [6, 6.07) is 2.26. The van der Waals surface area contributed by atoms with Crippen molar-refractivity contribution in [2.24, 2.45) is 5.92 Å². The monoisotopic (exact) mass is 276 g/mol. The second kappa shape index (κ2) is 5.32. The van der Waals surface area contributed by atoms with Crippen LogP contribution in [-0.4, -0.2) is 19.1 Å². The highest BCUT2D eigenvalue weighted by atomic mass is 32.1. The van der Waals surface area contributed by atoms with E-state index in [1.807, 2.05) is 0 Å². The van der Waals surface area contributed by atoms with Gasteiger partial charge in [0, 0.05) is 11.5 Å². The lowest BCUT2D eigenvalue weighted by Gasteiger charge is -2.09. The minimum atomic E-state index is -0.0642. The molecule has 0 bridgehead atoms. The Kier molecular flexibility index (Phi) is 3.54. The smallest absolute Gasteiger partial charge is 0.230 e. The summed E-state index contributed by atoms with van der Waals surface area (Å²) in [6.45, 7) is 1.16. The van der Waals surface area contributed by atoms with Crippen LogP contribution in [0, 0.1) is 17.2 Å². The summed E-state index contributed by atoms with van der Waals surface area (Å²) in [5.41, 5.74) is 1.85. The lowest BCUT2D eigenvalue weighted by atomic mass is 9.96. The fourth-order valence-corrected chi connectivity index (χ4v) is 3.97. The predicted octanol–water partition coefficient (Wildman–Crippen LogP) is 2.47. The lowest BCUT2D eigenvalue weighted by molar-refractivity contribution is -0.119. The van der Waals surface area contributed by atoms with E-state index in [9.17, 15) is 10.1 Å². The van der Waals surface area contributed by atoms with Gasteiger partial charge < -0.3 is 10.1 Å². The zero-order valence-electron chi connectivity index (χ0n) is 10.7. The molecule has 1 aromatic rings. The van der Waals surface area contributed by atoms with Crippen molar-refractivity contribution in [2.75, 3.05) is 18.5 Å². The fraction of sp³-hybridized carbons (Fsp3) is 0.571. The molecule has 1 aliphatic carbocycles. The van der Waals surface area contributed by atoms with Crippen LogP contribution in [0.5, 0.6) is 0 Å². The van der Waals surface area contributed by atoms with E-state index in [0.29, 0.717) is 18.8 Å². The molecule has 1 saturated heterocycles. The number of nitrogens with one attached hydrogen (secondary N) is 1. The van der Waals surface area contributed by atoms with Crippen LogP contribution in [0.3, 0.4) is 0 Å². The summed E-state index contributed by atoms with van der Waals surface area (Å²) in [7, 11) is 0. The first-order valence-electron chi connectivity index (χ1n) is 6.73. The standard InChI is InChI=1S/C14H16N2O2S/c15-7-11-10-3-1-2-4-12(10)19-14(11)16-13(17)9-5-6-18-8-9/h9H,1-6,8H2,(H,16,17). The van der Waals surface area contributed by atoms with Crippen molar-refractivity contribution >= 4 is 22.2 Å². The Bertz CT molecular complexity index is 538. The molecule has 0 spiro atoms. The van der Waals surface area contributed by atoms with Gasteiger partial charge in [0.25, 0.3) is 0 Å². The normalized spacial score (nSPS) is 21.7. The third-order valence-electron chi connectivity index (χ3n) is 3.82. The molecule has 0 radical (unpaired) electrons. The van der Waals surface area contributed by atoms with Gasteiger partial charge >= 0.3 is 0 Å². The molecule has 4 nitrogen and oxygen atoms in total. The number of amides is 1. The maximum absolute atomic E-state index is 12.1. The molecule has 1 aromatic heterocycles. The van der Waals surface area contributed by atoms with Crippen LogP contribution in [0.25, 0.3) is 0 Å². The van der Waals surface area contributed by atoms with Gasteiger partial charge in [0.15, 0.2) is 0 Å². The summed E-state index contributed by atoms with van der Waals surface area (Å²) in [6.07, 6.45) is 5.11. The van der Waals surface area contributed by atoms with Crippen molar-refractivity contribution in [3.63, 3.8) is 0 Å². The minimum absolute atomic E-state index is 0.00685. The highest BCUT2D eigenvalue weighted by Crippen LogP contribution is 2.37. The second-order valence-corrected chi connectivity index (χ2v) is 6.18. The number of carbonyl (C=O) groups is 1. The number of thiophene rings is 1. The Morgan fingerprint density at radius 2 is 2.26 bits per heavy atom. The topological polar surface area (TPSA) is 62.1 Å². The zero-order chi connectivity index (χ0) is 13.2. The van der Waals surface area contributed by atoms with Crippen LogP contribution in [0.2, 0.25) is 0 Å². The summed E-state index contributed by atoms with van der Waals surface area (Å²) in [5, 5.41) is 13.0. The number of carbonyl (C=O) groups excluding carboxylic acids is 1. The molecule has 1 amide bonds. The van der Waals surface area contributed by atoms with Crippen LogP contribution < -0.4 is 5.32 Å². The number of anilines is 1. The molecule has 100 valence electrons. The van der Waals surface area contributed by atoms with Gasteiger partial charge in [0.05, 0.1) is 18.1 Å². The van der Waals surface area contributed by atoms with Gasteiger partial charge in [-0.1, -0.05) is 0 Å². The summed E-state index contributed by atoms with van der Waals surface area (Å²) in [4.78, 5) is 13.4. The zero-order valence-corrected chi connectivity index (χ0v) is 11.5. The molecule has 1 unspecified atom stereocenters. The molecule has 0 aromatic carbocycles. The third-order valence-corrected chi connectivity index (χ3v) is 5.03. The van der Waals surface area contributed by atoms with Crippen LogP contribution in [-0.2, 0) is 22.4 Å². The van der Waals surface area contributed by atoms with E-state index in [0.717, 1.165) is 36.2 Å². The predicted molar refractivity (Wildman–Crippen MR) is 73.2 cm³/mol. The maximum atomic E-state index is 12.1. The number of aryl methyl sites for hydroxylation is 1. The van der Waals surface area contributed by atoms with Gasteiger partial charge in [-0.3, -0.25) is 4.79 Å². The van der Waals surface area contributed by atoms with E-state index in [1.165, 1.54) is 11.3 Å². The molecule has 2 aliphatic rings. The first kappa shape index (κ1) is 12.6. The van der Waals surface area contributed by atoms with E-state index in [-0.39, 0.29) is 11.8 Å². The molecule has 19 heavy (non-hydrogen) atoms. The lowest BCUT2D eigenvalue weighted by Crippen LogP contribution is -2.22. The number of fused-ring (bicyclic) bond motifs is 1. The van der Waals surface area contributed by atoms with Gasteiger partial charge in [-0.25, -0.2) is 0 Å². The van der Waals surface area contributed by atoms with Gasteiger partial charge in [0.1, 0.15) is 11.1 Å². The van der Waals surface area contributed by atoms with Crippen LogP contribution >= 0.6 is 11.3 Å². The number of hydrogen-bond donors (Lipinski definition) is 1. The maximum Gasteiger partial charge on any atom is 0.230 e. The van der Waals surface area contributed by atoms with Crippen molar-refractivity contribution < 1.29 is 9.53 Å². The molecule has 3 rings (SSSR count). The van der Waals surface area contributed by atoms with E-state index >= 15 is 0 Å². The van der Waals surface area contributed by atoms with Crippen LogP contribution in [0.1, 0.15) is 35.3 Å². The van der Waals surface area contributed by atoms with Gasteiger partial charge in [-0.2, -0.15) is 5.26 Å². The summed E-state index contributed by atoms with van der Waals surface area (Å²) in [5.74, 6) is -0.0710. The average Bonchev–Trinajstić information content (AvgIpc) is 3.05. The molecule has 1 fully saturated rings. The van der Waals surface area contributed by atoms with Crippen molar-refractivity contribution in [3.8, 4) is 6.07 Å². The SMILES string of the molecule is N#Cc1c(NC(=O)C2CCOC2)sc2c1CCCC2. The van der Waals surface area contributed by atoms with Crippen molar-refractivity contribution in [1.29, 1.82) is 5.26 Å². The highest BCUT2D eigenvalue weighted by molar-refractivity contribution is 7.16. The van der Waals surface area contributed by atoms with Crippen LogP contribution in [0.15, 0.2) is 0 Å². The minimum Gasteiger partial charge on any atom is -0.381 e. The quantitative estimate of drug-likeness (QED) is 0.902. The van der Waals surface area contributed by atoms with Crippen LogP contribution in [0.4, 0.5) is 5.00 Å². The Balaban J connectivity index is 1.82. The molecule has 5 heteroatoms. The fourth-order valence-electron chi connectivity index (χ4n) is 2.73. The first-order valence-corrected chi connectivity index (χ1v) is 7.54. The van der Waals surface area contributed by atoms with Gasteiger partial charge in [-0.15, -0.1) is 11.3 Å². The number of nitriles is 1. The molecule has 1 aliphatic heterocycles. The Hall–Kier alpha value is -1.38. The van der Waals surface area contributed by atoms with Gasteiger partial charge in [-0.05, 0) is 37.7 Å². The number of rotatable bonds is 2. The van der Waals surface area contributed by atoms with E-state index < -0.39 is 0 Å². The number of hydrogen-bond acceptors (Lipinski definition) is 4. The van der Waals surface area contributed by atoms with E-state index in [1.54, 1.807) is 11.3 Å². The Labute approximate surface area is 116 Å². The van der Waals surface area contributed by atoms with Crippen molar-refractivity contribution in [1.82, 2.24) is 0 Å². The van der Waals surface area contributed by atoms with Crippen molar-refractivity contribution in [2.45, 2.75) is 32.1 Å². The largest absolute Gasteiger partial charge is 0.381 e. The molecule has 1 N–H and O–H groups in total. The molecule has 0 saturated carbocycles. The van der Waals surface area contributed by atoms with E-state index in [4.69, 9.17) is 4.74 Å². The molecule has 1 atom stereocenters. The first-order chi connectivity index (χ1) is 9.29. The highest BCUT2D eigenvalue weighted by Gasteiger charge is 2.26. The van der Waals surface area contributed by atoms with E-state index in [2.05, 4.69) is 11.4 Å². The molecule has 2 heterocycles. The number of nitrogens with zero attached hydrogens (tertiary/aromatic N) is 1. The molecular formula is C14H16N2O2S. The number of ether oxygens (including phenoxy) is 1. The Morgan fingerprint density at radius 1 is 1.42 bits per heavy atom.